The number of aromatic nitrogens is 3. The molecule has 34 heavy (non-hydrogen) atoms. The minimum Gasteiger partial charge on any atom is -0.494 e. The Kier molecular flexibility index (Phi) is 5.97. The van der Waals surface area contributed by atoms with Crippen molar-refractivity contribution >= 4 is 34.0 Å². The summed E-state index contributed by atoms with van der Waals surface area (Å²) in [6.45, 7) is 2.51. The van der Waals surface area contributed by atoms with E-state index in [1.807, 2.05) is 85.8 Å². The molecule has 0 aliphatic carbocycles. The van der Waals surface area contributed by atoms with E-state index >= 15 is 0 Å². The molecule has 6 nitrogen and oxygen atoms in total. The van der Waals surface area contributed by atoms with Gasteiger partial charge in [0.2, 0.25) is 5.82 Å². The zero-order chi connectivity index (χ0) is 23.5. The van der Waals surface area contributed by atoms with Gasteiger partial charge in [0.1, 0.15) is 5.75 Å². The van der Waals surface area contributed by atoms with Crippen molar-refractivity contribution in [2.24, 2.45) is 0 Å². The summed E-state index contributed by atoms with van der Waals surface area (Å²) in [5, 5.41) is 10.1. The molecule has 0 fully saturated rings. The lowest BCUT2D eigenvalue weighted by Gasteiger charge is -2.08. The number of ether oxygens (including phenoxy) is 1. The number of hydrogen-bond acceptors (Lipinski definition) is 4. The Labute approximate surface area is 201 Å². The Hall–Kier alpha value is -4.16. The van der Waals surface area contributed by atoms with E-state index in [1.165, 1.54) is 0 Å². The smallest absolute Gasteiger partial charge is 0.295 e. The minimum absolute atomic E-state index is 0.0526. The van der Waals surface area contributed by atoms with Crippen LogP contribution in [0.15, 0.2) is 91.0 Å². The molecular weight excluding hydrogens is 448 g/mol. The fraction of sp³-hybridized carbons (Fsp3) is 0.0741. The predicted molar refractivity (Wildman–Crippen MR) is 135 cm³/mol. The average molecular weight is 469 g/mol. The molecule has 0 saturated heterocycles. The lowest BCUT2D eigenvalue weighted by atomic mass is 10.1. The van der Waals surface area contributed by atoms with Crippen LogP contribution in [0.25, 0.3) is 27.8 Å². The molecule has 5 aromatic rings. The molecule has 0 aliphatic rings. The van der Waals surface area contributed by atoms with Crippen molar-refractivity contribution in [1.29, 1.82) is 0 Å². The van der Waals surface area contributed by atoms with Gasteiger partial charge in [0.15, 0.2) is 5.82 Å². The maximum absolute atomic E-state index is 13.2. The van der Waals surface area contributed by atoms with Crippen LogP contribution in [0, 0.1) is 0 Å². The van der Waals surface area contributed by atoms with E-state index in [0.29, 0.717) is 23.1 Å². The summed E-state index contributed by atoms with van der Waals surface area (Å²) in [5.41, 5.74) is 2.19. The van der Waals surface area contributed by atoms with Gasteiger partial charge in [-0.2, -0.15) is 0 Å². The molecule has 1 N–H and O–H groups in total. The highest BCUT2D eigenvalue weighted by Gasteiger charge is 2.20. The molecule has 5 rings (SSSR count). The fourth-order valence-corrected chi connectivity index (χ4v) is 3.96. The first-order chi connectivity index (χ1) is 16.6. The largest absolute Gasteiger partial charge is 0.494 e. The summed E-state index contributed by atoms with van der Waals surface area (Å²) in [7, 11) is 0. The van der Waals surface area contributed by atoms with Crippen molar-refractivity contribution in [3.05, 3.63) is 102 Å². The summed E-state index contributed by atoms with van der Waals surface area (Å²) in [5.74, 6) is 0.917. The molecule has 0 saturated carbocycles. The van der Waals surface area contributed by atoms with Crippen LogP contribution in [0.2, 0.25) is 5.02 Å². The van der Waals surface area contributed by atoms with Crippen LogP contribution in [0.4, 0.5) is 5.69 Å². The topological polar surface area (TPSA) is 69.0 Å². The molecule has 4 aromatic carbocycles. The SMILES string of the molecule is CCOc1ccc(-n2nc(C(=O)Nc3cccc4ccccc34)nc2-c2cccc(Cl)c2)cc1. The third kappa shape index (κ3) is 4.36. The monoisotopic (exact) mass is 468 g/mol. The van der Waals surface area contributed by atoms with Crippen molar-refractivity contribution < 1.29 is 9.53 Å². The highest BCUT2D eigenvalue weighted by Crippen LogP contribution is 2.27. The van der Waals surface area contributed by atoms with Crippen LogP contribution >= 0.6 is 11.6 Å². The summed E-state index contributed by atoms with van der Waals surface area (Å²) in [6.07, 6.45) is 0. The number of anilines is 1. The van der Waals surface area contributed by atoms with Crippen LogP contribution in [-0.4, -0.2) is 27.3 Å². The van der Waals surface area contributed by atoms with Crippen molar-refractivity contribution in [3.8, 4) is 22.8 Å². The lowest BCUT2D eigenvalue weighted by molar-refractivity contribution is 0.101. The van der Waals surface area contributed by atoms with E-state index in [4.69, 9.17) is 16.3 Å². The quantitative estimate of drug-likeness (QED) is 0.313. The number of carbonyl (C=O) groups is 1. The maximum Gasteiger partial charge on any atom is 0.295 e. The Morgan fingerprint density at radius 3 is 2.53 bits per heavy atom. The van der Waals surface area contributed by atoms with Crippen LogP contribution in [0.5, 0.6) is 5.75 Å². The Morgan fingerprint density at radius 2 is 1.74 bits per heavy atom. The van der Waals surface area contributed by atoms with Crippen molar-refractivity contribution in [3.63, 3.8) is 0 Å². The number of halogens is 1. The van der Waals surface area contributed by atoms with Crippen molar-refractivity contribution in [2.75, 3.05) is 11.9 Å². The van der Waals surface area contributed by atoms with E-state index in [9.17, 15) is 4.79 Å². The highest BCUT2D eigenvalue weighted by atomic mass is 35.5. The summed E-state index contributed by atoms with van der Waals surface area (Å²) >= 11 is 6.23. The Morgan fingerprint density at radius 1 is 0.971 bits per heavy atom. The number of benzene rings is 4. The van der Waals surface area contributed by atoms with Gasteiger partial charge in [0.25, 0.3) is 5.91 Å². The molecule has 0 aliphatic heterocycles. The molecule has 0 atom stereocenters. The van der Waals surface area contributed by atoms with E-state index < -0.39 is 5.91 Å². The Bertz CT molecular complexity index is 1470. The number of nitrogens with one attached hydrogen (secondary N) is 1. The van der Waals surface area contributed by atoms with Crippen LogP contribution in [0.1, 0.15) is 17.5 Å². The third-order valence-electron chi connectivity index (χ3n) is 5.32. The first kappa shape index (κ1) is 21.7. The summed E-state index contributed by atoms with van der Waals surface area (Å²) < 4.78 is 7.18. The first-order valence-corrected chi connectivity index (χ1v) is 11.3. The van der Waals surface area contributed by atoms with Crippen LogP contribution in [0.3, 0.4) is 0 Å². The number of carbonyl (C=O) groups excluding carboxylic acids is 1. The summed E-state index contributed by atoms with van der Waals surface area (Å²) in [6, 6.07) is 28.4. The average Bonchev–Trinajstić information content (AvgIpc) is 3.31. The third-order valence-corrected chi connectivity index (χ3v) is 5.56. The van der Waals surface area contributed by atoms with Gasteiger partial charge in [0.05, 0.1) is 12.3 Å². The second-order valence-electron chi connectivity index (χ2n) is 7.59. The molecule has 7 heteroatoms. The van der Waals surface area contributed by atoms with Gasteiger partial charge >= 0.3 is 0 Å². The molecule has 1 amide bonds. The molecule has 0 unspecified atom stereocenters. The van der Waals surface area contributed by atoms with Gasteiger partial charge in [-0.25, -0.2) is 9.67 Å². The summed E-state index contributed by atoms with van der Waals surface area (Å²) in [4.78, 5) is 17.8. The number of fused-ring (bicyclic) bond motifs is 1. The van der Waals surface area contributed by atoms with Gasteiger partial charge in [-0.05, 0) is 54.8 Å². The van der Waals surface area contributed by atoms with E-state index in [0.717, 1.165) is 27.8 Å². The second kappa shape index (κ2) is 9.37. The molecule has 0 spiro atoms. The standard InChI is InChI=1S/C27H21ClN4O2/c1-2-34-22-15-13-21(14-16-22)32-26(19-9-5-10-20(28)17-19)30-25(31-32)27(33)29-24-12-6-8-18-7-3-4-11-23(18)24/h3-17H,2H2,1H3,(H,29,33). The fourth-order valence-electron chi connectivity index (χ4n) is 3.77. The first-order valence-electron chi connectivity index (χ1n) is 10.9. The van der Waals surface area contributed by atoms with Gasteiger partial charge in [-0.3, -0.25) is 4.79 Å². The lowest BCUT2D eigenvalue weighted by Crippen LogP contribution is -2.14. The van der Waals surface area contributed by atoms with Crippen LogP contribution in [-0.2, 0) is 0 Å². The zero-order valence-corrected chi connectivity index (χ0v) is 19.2. The molecule has 0 radical (unpaired) electrons. The molecule has 168 valence electrons. The van der Waals surface area contributed by atoms with Crippen LogP contribution < -0.4 is 10.1 Å². The van der Waals surface area contributed by atoms with Gasteiger partial charge in [-0.15, -0.1) is 5.10 Å². The van der Waals surface area contributed by atoms with Gasteiger partial charge in [0, 0.05) is 21.7 Å². The predicted octanol–water partition coefficient (Wildman–Crippen LogP) is 6.39. The highest BCUT2D eigenvalue weighted by molar-refractivity contribution is 6.30. The molecule has 0 bridgehead atoms. The van der Waals surface area contributed by atoms with Gasteiger partial charge < -0.3 is 10.1 Å². The Balaban J connectivity index is 1.55. The van der Waals surface area contributed by atoms with E-state index in [-0.39, 0.29) is 5.82 Å². The van der Waals surface area contributed by atoms with Gasteiger partial charge in [-0.1, -0.05) is 60.1 Å². The van der Waals surface area contributed by atoms with Crippen molar-refractivity contribution in [2.45, 2.75) is 6.92 Å². The zero-order valence-electron chi connectivity index (χ0n) is 18.4. The molecule has 1 heterocycles. The molecule has 1 aromatic heterocycles. The van der Waals surface area contributed by atoms with E-state index in [1.54, 1.807) is 16.8 Å². The number of nitrogens with zero attached hydrogens (tertiary/aromatic N) is 3. The number of hydrogen-bond donors (Lipinski definition) is 1. The van der Waals surface area contributed by atoms with E-state index in [2.05, 4.69) is 15.4 Å². The minimum atomic E-state index is -0.399. The normalized spacial score (nSPS) is 10.9. The maximum atomic E-state index is 13.2. The van der Waals surface area contributed by atoms with Crippen molar-refractivity contribution in [1.82, 2.24) is 14.8 Å². The number of rotatable bonds is 6. The number of amides is 1. The second-order valence-corrected chi connectivity index (χ2v) is 8.03. The molecular formula is C27H21ClN4O2.